The van der Waals surface area contributed by atoms with Crippen molar-refractivity contribution in [3.8, 4) is 0 Å². The van der Waals surface area contributed by atoms with Crippen LogP contribution >= 0.6 is 11.6 Å². The molecule has 96 valence electrons. The second kappa shape index (κ2) is 6.17. The van der Waals surface area contributed by atoms with Crippen molar-refractivity contribution < 1.29 is 5.11 Å². The summed E-state index contributed by atoms with van der Waals surface area (Å²) >= 11 is 6.13. The summed E-state index contributed by atoms with van der Waals surface area (Å²) < 4.78 is 0. The Morgan fingerprint density at radius 1 is 1.29 bits per heavy atom. The lowest BCUT2D eigenvalue weighted by atomic mass is 10.1. The van der Waals surface area contributed by atoms with Crippen LogP contribution in [0.5, 0.6) is 0 Å². The van der Waals surface area contributed by atoms with E-state index in [9.17, 15) is 0 Å². The Bertz CT molecular complexity index is 369. The van der Waals surface area contributed by atoms with Crippen LogP contribution in [-0.4, -0.2) is 34.3 Å². The molecule has 0 bridgehead atoms. The molecule has 0 fully saturated rings. The average Bonchev–Trinajstić information content (AvgIpc) is 2.24. The number of anilines is 1. The summed E-state index contributed by atoms with van der Waals surface area (Å²) in [5.41, 5.74) is 0.941. The molecule has 0 saturated carbocycles. The van der Waals surface area contributed by atoms with E-state index in [1.165, 1.54) is 6.33 Å². The van der Waals surface area contributed by atoms with Gasteiger partial charge in [-0.15, -0.1) is 0 Å². The van der Waals surface area contributed by atoms with E-state index >= 15 is 0 Å². The number of halogens is 1. The summed E-state index contributed by atoms with van der Waals surface area (Å²) in [5, 5.41) is 9.62. The Morgan fingerprint density at radius 3 is 2.41 bits per heavy atom. The van der Waals surface area contributed by atoms with Gasteiger partial charge in [0, 0.05) is 18.2 Å². The first kappa shape index (κ1) is 14.2. The van der Waals surface area contributed by atoms with Crippen molar-refractivity contribution in [2.75, 3.05) is 18.1 Å². The Hall–Kier alpha value is -0.870. The lowest BCUT2D eigenvalue weighted by molar-refractivity contribution is 0.298. The fraction of sp³-hybridized carbons (Fsp3) is 0.667. The van der Waals surface area contributed by atoms with Crippen LogP contribution in [0.15, 0.2) is 6.33 Å². The smallest absolute Gasteiger partial charge is 0.138 e. The molecular weight excluding hydrogens is 238 g/mol. The number of hydrogen-bond acceptors (Lipinski definition) is 4. The van der Waals surface area contributed by atoms with Gasteiger partial charge >= 0.3 is 0 Å². The number of hydrogen-bond donors (Lipinski definition) is 1. The van der Waals surface area contributed by atoms with Crippen molar-refractivity contribution in [3.05, 3.63) is 17.0 Å². The van der Waals surface area contributed by atoms with Gasteiger partial charge in [0.1, 0.15) is 17.3 Å². The highest BCUT2D eigenvalue weighted by molar-refractivity contribution is 6.30. The molecule has 1 heterocycles. The lowest BCUT2D eigenvalue weighted by Crippen LogP contribution is -2.35. The number of nitrogens with zero attached hydrogens (tertiary/aromatic N) is 3. The maximum absolute atomic E-state index is 9.13. The lowest BCUT2D eigenvalue weighted by Gasteiger charge is -2.29. The monoisotopic (exact) mass is 257 g/mol. The van der Waals surface area contributed by atoms with Crippen LogP contribution in [0.2, 0.25) is 5.15 Å². The maximum Gasteiger partial charge on any atom is 0.138 e. The molecule has 0 amide bonds. The summed E-state index contributed by atoms with van der Waals surface area (Å²) in [6, 6.07) is 0.255. The first-order valence-corrected chi connectivity index (χ1v) is 6.24. The molecule has 0 aliphatic heterocycles. The van der Waals surface area contributed by atoms with Crippen molar-refractivity contribution in [2.45, 2.75) is 39.7 Å². The summed E-state index contributed by atoms with van der Waals surface area (Å²) in [6.45, 7) is 8.89. The average molecular weight is 258 g/mol. The van der Waals surface area contributed by atoms with E-state index in [0.717, 1.165) is 11.4 Å². The van der Waals surface area contributed by atoms with Crippen LogP contribution in [0.25, 0.3) is 0 Å². The van der Waals surface area contributed by atoms with Gasteiger partial charge in [-0.1, -0.05) is 25.4 Å². The van der Waals surface area contributed by atoms with Crippen LogP contribution in [0.3, 0.4) is 0 Å². The normalized spacial score (nSPS) is 11.3. The zero-order chi connectivity index (χ0) is 13.0. The predicted octanol–water partition coefficient (Wildman–Crippen LogP) is 2.46. The molecule has 17 heavy (non-hydrogen) atoms. The number of aromatic nitrogens is 2. The predicted molar refractivity (Wildman–Crippen MR) is 70.7 cm³/mol. The largest absolute Gasteiger partial charge is 0.395 e. The van der Waals surface area contributed by atoms with Crippen molar-refractivity contribution in [1.82, 2.24) is 9.97 Å². The molecule has 0 radical (unpaired) electrons. The van der Waals surface area contributed by atoms with Gasteiger partial charge in [-0.2, -0.15) is 0 Å². The molecule has 5 heteroatoms. The van der Waals surface area contributed by atoms with Crippen molar-refractivity contribution in [1.29, 1.82) is 0 Å². The minimum atomic E-state index is 0.0946. The fourth-order valence-corrected chi connectivity index (χ4v) is 2.15. The summed E-state index contributed by atoms with van der Waals surface area (Å²) in [4.78, 5) is 10.4. The molecule has 0 aliphatic rings. The van der Waals surface area contributed by atoms with Crippen molar-refractivity contribution in [2.24, 2.45) is 0 Å². The van der Waals surface area contributed by atoms with Gasteiger partial charge in [-0.3, -0.25) is 0 Å². The molecule has 0 saturated heterocycles. The molecule has 4 nitrogen and oxygen atoms in total. The highest BCUT2D eigenvalue weighted by atomic mass is 35.5. The number of aliphatic hydroxyl groups excluding tert-OH is 1. The third-order valence-corrected chi connectivity index (χ3v) is 2.93. The molecular formula is C12H20ClN3O. The third kappa shape index (κ3) is 3.30. The van der Waals surface area contributed by atoms with E-state index in [0.29, 0.717) is 11.7 Å². The summed E-state index contributed by atoms with van der Waals surface area (Å²) in [7, 11) is 0. The second-order valence-corrected chi connectivity index (χ2v) is 4.93. The van der Waals surface area contributed by atoms with Gasteiger partial charge in [0.15, 0.2) is 0 Å². The summed E-state index contributed by atoms with van der Waals surface area (Å²) in [5.74, 6) is 1.07. The Balaban J connectivity index is 3.22. The van der Waals surface area contributed by atoms with Crippen molar-refractivity contribution in [3.63, 3.8) is 0 Å². The number of rotatable bonds is 5. The Morgan fingerprint density at radius 2 is 1.94 bits per heavy atom. The standard InChI is InChI=1S/C12H20ClN3O/c1-8(2)10-11(13)14-7-15-12(10)16(5-6-17)9(3)4/h7-9,17H,5-6H2,1-4H3. The first-order valence-electron chi connectivity index (χ1n) is 5.86. The maximum atomic E-state index is 9.13. The molecule has 1 aromatic rings. The highest BCUT2D eigenvalue weighted by Crippen LogP contribution is 2.31. The molecule has 1 aromatic heterocycles. The SMILES string of the molecule is CC(C)c1c(Cl)ncnc1N(CCO)C(C)C. The minimum absolute atomic E-state index is 0.0946. The van der Waals surface area contributed by atoms with Gasteiger partial charge in [-0.25, -0.2) is 9.97 Å². The van der Waals surface area contributed by atoms with Crippen molar-refractivity contribution >= 4 is 17.4 Å². The third-order valence-electron chi connectivity index (χ3n) is 2.63. The molecule has 0 unspecified atom stereocenters. The van der Waals surface area contributed by atoms with E-state index in [4.69, 9.17) is 16.7 Å². The fourth-order valence-electron chi connectivity index (χ4n) is 1.81. The Labute approximate surface area is 108 Å². The zero-order valence-corrected chi connectivity index (χ0v) is 11.6. The topological polar surface area (TPSA) is 49.2 Å². The van der Waals surface area contributed by atoms with E-state index < -0.39 is 0 Å². The highest BCUT2D eigenvalue weighted by Gasteiger charge is 2.20. The van der Waals surface area contributed by atoms with Gasteiger partial charge in [0.2, 0.25) is 0 Å². The van der Waals surface area contributed by atoms with Crippen LogP contribution in [-0.2, 0) is 0 Å². The number of aliphatic hydroxyl groups is 1. The first-order chi connectivity index (χ1) is 7.99. The molecule has 0 aliphatic carbocycles. The van der Waals surface area contributed by atoms with Gasteiger partial charge < -0.3 is 10.0 Å². The minimum Gasteiger partial charge on any atom is -0.395 e. The van der Waals surface area contributed by atoms with E-state index in [1.807, 2.05) is 4.90 Å². The quantitative estimate of drug-likeness (QED) is 0.824. The van der Waals surface area contributed by atoms with Gasteiger partial charge in [-0.05, 0) is 19.8 Å². The molecule has 1 rings (SSSR count). The van der Waals surface area contributed by atoms with Crippen LogP contribution in [0.4, 0.5) is 5.82 Å². The van der Waals surface area contributed by atoms with Gasteiger partial charge in [0.05, 0.1) is 6.61 Å². The van der Waals surface area contributed by atoms with E-state index in [-0.39, 0.29) is 18.6 Å². The zero-order valence-electron chi connectivity index (χ0n) is 10.8. The van der Waals surface area contributed by atoms with E-state index in [1.54, 1.807) is 0 Å². The van der Waals surface area contributed by atoms with Crippen LogP contribution in [0.1, 0.15) is 39.2 Å². The van der Waals surface area contributed by atoms with Crippen LogP contribution < -0.4 is 4.90 Å². The second-order valence-electron chi connectivity index (χ2n) is 4.57. The molecule has 0 spiro atoms. The van der Waals surface area contributed by atoms with E-state index in [2.05, 4.69) is 37.7 Å². The summed E-state index contributed by atoms with van der Waals surface area (Å²) in [6.07, 6.45) is 1.47. The molecule has 1 N–H and O–H groups in total. The molecule has 0 atom stereocenters. The van der Waals surface area contributed by atoms with Crippen LogP contribution in [0, 0.1) is 0 Å². The Kier molecular flexibility index (Phi) is 5.15. The molecule has 0 aromatic carbocycles. The van der Waals surface area contributed by atoms with Gasteiger partial charge in [0.25, 0.3) is 0 Å².